The Balaban J connectivity index is 1.65. The van der Waals surface area contributed by atoms with E-state index in [9.17, 15) is 23.1 Å². The van der Waals surface area contributed by atoms with Gasteiger partial charge < -0.3 is 20.1 Å². The smallest absolute Gasteiger partial charge is 0.242 e. The normalized spacial score (nSPS) is 21.3. The van der Waals surface area contributed by atoms with Crippen LogP contribution >= 0.6 is 0 Å². The number of aliphatic hydroxyl groups is 1. The highest BCUT2D eigenvalue weighted by molar-refractivity contribution is 7.89. The van der Waals surface area contributed by atoms with Crippen molar-refractivity contribution in [1.29, 1.82) is 0 Å². The number of hydrogen-bond acceptors (Lipinski definition) is 6. The molecule has 0 saturated heterocycles. The zero-order chi connectivity index (χ0) is 26.7. The summed E-state index contributed by atoms with van der Waals surface area (Å²) < 4.78 is 34.1. The first kappa shape index (κ1) is 27.1. The van der Waals surface area contributed by atoms with Crippen LogP contribution in [-0.2, 0) is 26.0 Å². The molecule has 2 amide bonds. The van der Waals surface area contributed by atoms with E-state index in [1.807, 2.05) is 6.92 Å². The Labute approximate surface area is 218 Å². The molecular formula is C27H35N3O6S. The van der Waals surface area contributed by atoms with Crippen molar-refractivity contribution in [3.05, 3.63) is 54.1 Å². The van der Waals surface area contributed by atoms with Crippen LogP contribution in [0, 0.1) is 11.8 Å². The highest BCUT2D eigenvalue weighted by Gasteiger charge is 2.34. The van der Waals surface area contributed by atoms with Crippen molar-refractivity contribution in [1.82, 2.24) is 9.21 Å². The molecule has 1 aliphatic carbocycles. The standard InChI is InChI=1S/C27H35N3O6S/c1-18-15-30(19(2)17-31)26(32)14-21-13-22(28-27(33)20-9-10-20)11-12-24(21)36-25(18)16-29(3)37(34,35)23-7-5-4-6-8-23/h4-8,11-13,18-20,25,31H,9-10,14-17H2,1-3H3,(H,28,33)/t18-,19-,25+/m1/s1. The van der Waals surface area contributed by atoms with E-state index in [-0.39, 0.29) is 48.1 Å². The Bertz CT molecular complexity index is 1230. The topological polar surface area (TPSA) is 116 Å². The predicted octanol–water partition coefficient (Wildman–Crippen LogP) is 2.50. The number of carbonyl (C=O) groups is 2. The van der Waals surface area contributed by atoms with E-state index in [1.54, 1.807) is 60.4 Å². The molecule has 0 unspecified atom stereocenters. The Morgan fingerprint density at radius 2 is 1.92 bits per heavy atom. The molecule has 3 atom stereocenters. The maximum Gasteiger partial charge on any atom is 0.242 e. The third kappa shape index (κ3) is 6.31. The van der Waals surface area contributed by atoms with Gasteiger partial charge >= 0.3 is 0 Å². The van der Waals surface area contributed by atoms with Crippen molar-refractivity contribution in [3.8, 4) is 5.75 Å². The third-order valence-corrected chi connectivity index (χ3v) is 8.86. The molecule has 10 heteroatoms. The fraction of sp³-hybridized carbons (Fsp3) is 0.481. The summed E-state index contributed by atoms with van der Waals surface area (Å²) in [6.45, 7) is 3.85. The Hall–Kier alpha value is -2.95. The minimum Gasteiger partial charge on any atom is -0.488 e. The van der Waals surface area contributed by atoms with Crippen LogP contribution in [0.4, 0.5) is 5.69 Å². The van der Waals surface area contributed by atoms with Crippen LogP contribution < -0.4 is 10.1 Å². The number of carbonyl (C=O) groups excluding carboxylic acids is 2. The van der Waals surface area contributed by atoms with Gasteiger partial charge in [0.05, 0.1) is 30.5 Å². The average Bonchev–Trinajstić information content (AvgIpc) is 3.73. The molecule has 1 heterocycles. The molecule has 2 aromatic carbocycles. The van der Waals surface area contributed by atoms with Crippen molar-refractivity contribution in [2.75, 3.05) is 32.1 Å². The Kier molecular flexibility index (Phi) is 8.20. The number of sulfonamides is 1. The molecule has 1 aliphatic heterocycles. The molecule has 1 fully saturated rings. The summed E-state index contributed by atoms with van der Waals surface area (Å²) in [7, 11) is -2.24. The van der Waals surface area contributed by atoms with E-state index in [4.69, 9.17) is 4.74 Å². The van der Waals surface area contributed by atoms with Gasteiger partial charge in [-0.1, -0.05) is 25.1 Å². The van der Waals surface area contributed by atoms with Crippen LogP contribution in [-0.4, -0.2) is 73.4 Å². The first-order chi connectivity index (χ1) is 17.6. The molecule has 4 rings (SSSR count). The van der Waals surface area contributed by atoms with E-state index in [2.05, 4.69) is 5.32 Å². The van der Waals surface area contributed by atoms with Crippen molar-refractivity contribution < 1.29 is 27.9 Å². The first-order valence-corrected chi connectivity index (χ1v) is 14.1. The molecule has 2 aromatic rings. The number of hydrogen-bond donors (Lipinski definition) is 2. The lowest BCUT2D eigenvalue weighted by molar-refractivity contribution is -0.134. The summed E-state index contributed by atoms with van der Waals surface area (Å²) in [6.07, 6.45) is 1.22. The van der Waals surface area contributed by atoms with Crippen molar-refractivity contribution >= 4 is 27.5 Å². The van der Waals surface area contributed by atoms with E-state index in [0.29, 0.717) is 23.5 Å². The molecule has 9 nitrogen and oxygen atoms in total. The Morgan fingerprint density at radius 3 is 2.57 bits per heavy atom. The van der Waals surface area contributed by atoms with Crippen LogP contribution in [0.5, 0.6) is 5.75 Å². The second kappa shape index (κ2) is 11.2. The van der Waals surface area contributed by atoms with Gasteiger partial charge in [-0.3, -0.25) is 9.59 Å². The SMILES string of the molecule is C[C@@H]1CN([C@H](C)CO)C(=O)Cc2cc(NC(=O)C3CC3)ccc2O[C@H]1CN(C)S(=O)(=O)c1ccccc1. The molecule has 2 N–H and O–H groups in total. The molecule has 0 spiro atoms. The predicted molar refractivity (Wildman–Crippen MR) is 140 cm³/mol. The lowest BCUT2D eigenvalue weighted by Gasteiger charge is -2.33. The van der Waals surface area contributed by atoms with Crippen LogP contribution in [0.3, 0.4) is 0 Å². The highest BCUT2D eigenvalue weighted by Crippen LogP contribution is 2.32. The number of rotatable bonds is 8. The molecule has 2 aliphatic rings. The second-order valence-corrected chi connectivity index (χ2v) is 12.1. The quantitative estimate of drug-likeness (QED) is 0.543. The second-order valence-electron chi connectivity index (χ2n) is 10.1. The summed E-state index contributed by atoms with van der Waals surface area (Å²) in [4.78, 5) is 27.4. The van der Waals surface area contributed by atoms with Crippen LogP contribution in [0.15, 0.2) is 53.4 Å². The zero-order valence-corrected chi connectivity index (χ0v) is 22.3. The van der Waals surface area contributed by atoms with Gasteiger partial charge in [0, 0.05) is 36.7 Å². The fourth-order valence-electron chi connectivity index (χ4n) is 4.44. The molecule has 0 radical (unpaired) electrons. The van der Waals surface area contributed by atoms with Crippen molar-refractivity contribution in [2.45, 2.75) is 50.2 Å². The summed E-state index contributed by atoms with van der Waals surface area (Å²) in [6, 6.07) is 13.0. The van der Waals surface area contributed by atoms with Gasteiger partial charge in [0.2, 0.25) is 21.8 Å². The number of benzene rings is 2. The van der Waals surface area contributed by atoms with Crippen LogP contribution in [0.25, 0.3) is 0 Å². The zero-order valence-electron chi connectivity index (χ0n) is 21.5. The van der Waals surface area contributed by atoms with E-state index >= 15 is 0 Å². The number of anilines is 1. The van der Waals surface area contributed by atoms with E-state index in [1.165, 1.54) is 11.4 Å². The molecule has 1 saturated carbocycles. The minimum atomic E-state index is -3.75. The molecular weight excluding hydrogens is 494 g/mol. The lowest BCUT2D eigenvalue weighted by atomic mass is 10.0. The summed E-state index contributed by atoms with van der Waals surface area (Å²) >= 11 is 0. The summed E-state index contributed by atoms with van der Waals surface area (Å²) in [5, 5.41) is 12.7. The number of nitrogens with one attached hydrogen (secondary N) is 1. The average molecular weight is 530 g/mol. The summed E-state index contributed by atoms with van der Waals surface area (Å²) in [5.74, 6) is 0.0568. The number of aliphatic hydroxyl groups excluding tert-OH is 1. The van der Waals surface area contributed by atoms with Gasteiger partial charge in [0.25, 0.3) is 0 Å². The van der Waals surface area contributed by atoms with Gasteiger partial charge in [-0.25, -0.2) is 8.42 Å². The van der Waals surface area contributed by atoms with Gasteiger partial charge in [0.15, 0.2) is 0 Å². The number of fused-ring (bicyclic) bond motifs is 1. The van der Waals surface area contributed by atoms with Gasteiger partial charge in [-0.2, -0.15) is 4.31 Å². The van der Waals surface area contributed by atoms with E-state index < -0.39 is 22.2 Å². The fourth-order valence-corrected chi connectivity index (χ4v) is 5.64. The van der Waals surface area contributed by atoms with Crippen LogP contribution in [0.1, 0.15) is 32.3 Å². The van der Waals surface area contributed by atoms with E-state index in [0.717, 1.165) is 12.8 Å². The maximum atomic E-state index is 13.3. The van der Waals surface area contributed by atoms with Gasteiger partial charge in [0.1, 0.15) is 11.9 Å². The number of likely N-dealkylation sites (N-methyl/N-ethyl adjacent to an activating group) is 1. The highest BCUT2D eigenvalue weighted by atomic mass is 32.2. The number of nitrogens with zero attached hydrogens (tertiary/aromatic N) is 2. The Morgan fingerprint density at radius 1 is 1.22 bits per heavy atom. The van der Waals surface area contributed by atoms with Crippen LogP contribution in [0.2, 0.25) is 0 Å². The molecule has 37 heavy (non-hydrogen) atoms. The molecule has 0 bridgehead atoms. The number of amides is 2. The molecule has 0 aromatic heterocycles. The lowest BCUT2D eigenvalue weighted by Crippen LogP contribution is -2.48. The minimum absolute atomic E-state index is 0.0321. The van der Waals surface area contributed by atoms with Crippen molar-refractivity contribution in [3.63, 3.8) is 0 Å². The largest absolute Gasteiger partial charge is 0.488 e. The van der Waals surface area contributed by atoms with Crippen molar-refractivity contribution in [2.24, 2.45) is 11.8 Å². The monoisotopic (exact) mass is 529 g/mol. The summed E-state index contributed by atoms with van der Waals surface area (Å²) in [5.41, 5.74) is 1.18. The van der Waals surface area contributed by atoms with Gasteiger partial charge in [-0.15, -0.1) is 0 Å². The number of ether oxygens (including phenoxy) is 1. The first-order valence-electron chi connectivity index (χ1n) is 12.6. The van der Waals surface area contributed by atoms with Gasteiger partial charge in [-0.05, 0) is 50.1 Å². The third-order valence-electron chi connectivity index (χ3n) is 7.02. The maximum absolute atomic E-state index is 13.3. The molecule has 200 valence electrons.